The van der Waals surface area contributed by atoms with Gasteiger partial charge in [0, 0.05) is 49.2 Å². The Morgan fingerprint density at radius 2 is 0.772 bits per heavy atom. The zero-order valence-corrected chi connectivity index (χ0v) is 30.7. The third-order valence-corrected chi connectivity index (χ3v) is 10.7. The zero-order valence-electron chi connectivity index (χ0n) is 30.7. The molecule has 0 fully saturated rings. The minimum absolute atomic E-state index is 0.628. The first-order valence-corrected chi connectivity index (χ1v) is 19.0. The van der Waals surface area contributed by atoms with Crippen molar-refractivity contribution in [2.45, 2.75) is 0 Å². The van der Waals surface area contributed by atoms with E-state index >= 15 is 0 Å². The van der Waals surface area contributed by atoms with E-state index in [1.807, 2.05) is 66.7 Å². The van der Waals surface area contributed by atoms with Crippen LogP contribution < -0.4 is 0 Å². The summed E-state index contributed by atoms with van der Waals surface area (Å²) in [5.41, 5.74) is 11.9. The third-order valence-electron chi connectivity index (χ3n) is 10.7. The smallest absolute Gasteiger partial charge is 0.164 e. The van der Waals surface area contributed by atoms with Gasteiger partial charge in [0.15, 0.2) is 17.5 Å². The second-order valence-corrected chi connectivity index (χ2v) is 14.2. The second-order valence-electron chi connectivity index (χ2n) is 14.2. The van der Waals surface area contributed by atoms with Gasteiger partial charge in [-0.15, -0.1) is 0 Å². The summed E-state index contributed by atoms with van der Waals surface area (Å²) in [6.07, 6.45) is 0. The average molecular weight is 729 g/mol. The lowest BCUT2D eigenvalue weighted by Crippen LogP contribution is -2.00. The van der Waals surface area contributed by atoms with Crippen molar-refractivity contribution in [3.05, 3.63) is 194 Å². The Kier molecular flexibility index (Phi) is 7.74. The minimum atomic E-state index is 0.628. The van der Waals surface area contributed by atoms with E-state index in [9.17, 15) is 0 Å². The van der Waals surface area contributed by atoms with Crippen molar-refractivity contribution in [3.8, 4) is 67.7 Å². The summed E-state index contributed by atoms with van der Waals surface area (Å²) in [6.45, 7) is 0. The van der Waals surface area contributed by atoms with Gasteiger partial charge in [0.1, 0.15) is 11.2 Å². The molecule has 0 spiro atoms. The highest BCUT2D eigenvalue weighted by Crippen LogP contribution is 2.42. The Bertz CT molecular complexity index is 3230. The van der Waals surface area contributed by atoms with Crippen LogP contribution in [0.3, 0.4) is 0 Å². The van der Waals surface area contributed by atoms with Crippen LogP contribution in [-0.2, 0) is 0 Å². The number of aromatic nitrogens is 4. The fourth-order valence-corrected chi connectivity index (χ4v) is 7.96. The fourth-order valence-electron chi connectivity index (χ4n) is 7.96. The Labute approximate surface area is 328 Å². The SMILES string of the molecule is c1ccc(-c2nc(-c3ccccc3)nc(-c3cccc(-c4cccc(-c5ccc6oc7ccc8c(-c9ccccc9)nc9ccccc9c8c7c6c5)c4)c3)n2)cc1. The maximum atomic E-state index is 6.53. The third kappa shape index (κ3) is 5.81. The van der Waals surface area contributed by atoms with Gasteiger partial charge in [-0.05, 0) is 64.7 Å². The molecule has 8 aromatic carbocycles. The van der Waals surface area contributed by atoms with Gasteiger partial charge in [-0.2, -0.15) is 0 Å². The van der Waals surface area contributed by atoms with E-state index in [1.165, 1.54) is 0 Å². The van der Waals surface area contributed by atoms with Crippen molar-refractivity contribution >= 4 is 43.6 Å². The molecule has 0 bridgehead atoms. The van der Waals surface area contributed by atoms with Crippen molar-refractivity contribution < 1.29 is 4.42 Å². The first-order chi connectivity index (χ1) is 28.2. The Morgan fingerprint density at radius 1 is 0.281 bits per heavy atom. The highest BCUT2D eigenvalue weighted by Gasteiger charge is 2.18. The first-order valence-electron chi connectivity index (χ1n) is 19.0. The molecule has 3 aromatic heterocycles. The summed E-state index contributed by atoms with van der Waals surface area (Å²) in [4.78, 5) is 20.0. The van der Waals surface area contributed by atoms with Gasteiger partial charge in [0.05, 0.1) is 11.2 Å². The molecule has 0 aliphatic rings. The summed E-state index contributed by atoms with van der Waals surface area (Å²) in [7, 11) is 0. The van der Waals surface area contributed by atoms with E-state index in [1.54, 1.807) is 0 Å². The maximum absolute atomic E-state index is 6.53. The van der Waals surface area contributed by atoms with Gasteiger partial charge in [-0.25, -0.2) is 19.9 Å². The van der Waals surface area contributed by atoms with Crippen LogP contribution in [0.25, 0.3) is 111 Å². The zero-order chi connectivity index (χ0) is 37.7. The van der Waals surface area contributed by atoms with Crippen LogP contribution in [0, 0.1) is 0 Å². The number of pyridine rings is 1. The van der Waals surface area contributed by atoms with Gasteiger partial charge in [0.2, 0.25) is 0 Å². The molecular formula is C52H32N4O. The van der Waals surface area contributed by atoms with Crippen LogP contribution in [0.15, 0.2) is 199 Å². The second kappa shape index (κ2) is 13.5. The number of hydrogen-bond acceptors (Lipinski definition) is 5. The Balaban J connectivity index is 1.03. The lowest BCUT2D eigenvalue weighted by molar-refractivity contribution is 0.669. The van der Waals surface area contributed by atoms with Gasteiger partial charge in [-0.3, -0.25) is 0 Å². The van der Waals surface area contributed by atoms with E-state index in [2.05, 4.69) is 127 Å². The predicted molar refractivity (Wildman–Crippen MR) is 233 cm³/mol. The highest BCUT2D eigenvalue weighted by atomic mass is 16.3. The average Bonchev–Trinajstić information content (AvgIpc) is 3.68. The molecule has 57 heavy (non-hydrogen) atoms. The molecule has 0 amide bonds. The molecule has 0 atom stereocenters. The standard InChI is InChI=1S/C52H32N4O/c1-4-14-33(15-5-1)49-42-27-29-46-48(47(42)41-24-10-11-25-44(41)53-49)43-32-39(26-28-45(43)57-46)37-21-12-20-36(30-37)38-22-13-23-40(31-38)52-55-50(34-16-6-2-7-17-34)54-51(56-52)35-18-8-3-9-19-35/h1-32H. The van der Waals surface area contributed by atoms with Gasteiger partial charge in [-0.1, -0.05) is 152 Å². The topological polar surface area (TPSA) is 64.7 Å². The molecule has 0 aliphatic carbocycles. The largest absolute Gasteiger partial charge is 0.456 e. The van der Waals surface area contributed by atoms with E-state index in [-0.39, 0.29) is 0 Å². The van der Waals surface area contributed by atoms with Crippen molar-refractivity contribution in [3.63, 3.8) is 0 Å². The monoisotopic (exact) mass is 728 g/mol. The Morgan fingerprint density at radius 3 is 1.42 bits per heavy atom. The minimum Gasteiger partial charge on any atom is -0.456 e. The van der Waals surface area contributed by atoms with Crippen LogP contribution in [0.4, 0.5) is 0 Å². The molecular weight excluding hydrogens is 697 g/mol. The molecule has 5 heteroatoms. The van der Waals surface area contributed by atoms with Crippen molar-refractivity contribution in [2.24, 2.45) is 0 Å². The molecule has 11 rings (SSSR count). The van der Waals surface area contributed by atoms with Crippen LogP contribution in [0.1, 0.15) is 0 Å². The van der Waals surface area contributed by atoms with Crippen LogP contribution in [0.2, 0.25) is 0 Å². The first kappa shape index (κ1) is 32.7. The fraction of sp³-hybridized carbons (Fsp3) is 0. The predicted octanol–water partition coefficient (Wildman–Crippen LogP) is 13.5. The maximum Gasteiger partial charge on any atom is 0.164 e. The quantitative estimate of drug-likeness (QED) is 0.160. The number of fused-ring (bicyclic) bond motifs is 7. The van der Waals surface area contributed by atoms with Crippen molar-refractivity contribution in [1.82, 2.24) is 19.9 Å². The molecule has 0 radical (unpaired) electrons. The molecule has 5 nitrogen and oxygen atoms in total. The van der Waals surface area contributed by atoms with E-state index < -0.39 is 0 Å². The number of nitrogens with zero attached hydrogens (tertiary/aromatic N) is 4. The number of rotatable bonds is 6. The van der Waals surface area contributed by atoms with Gasteiger partial charge >= 0.3 is 0 Å². The summed E-state index contributed by atoms with van der Waals surface area (Å²) in [5.74, 6) is 1.91. The Hall–Kier alpha value is -7.76. The summed E-state index contributed by atoms with van der Waals surface area (Å²) >= 11 is 0. The number of hydrogen-bond donors (Lipinski definition) is 0. The molecule has 0 N–H and O–H groups in total. The van der Waals surface area contributed by atoms with Crippen molar-refractivity contribution in [2.75, 3.05) is 0 Å². The van der Waals surface area contributed by atoms with Gasteiger partial charge in [0.25, 0.3) is 0 Å². The number of benzene rings is 8. The van der Waals surface area contributed by atoms with Crippen LogP contribution in [0.5, 0.6) is 0 Å². The number of furan rings is 1. The molecule has 0 unspecified atom stereocenters. The summed E-state index contributed by atoms with van der Waals surface area (Å²) < 4.78 is 6.53. The molecule has 0 saturated heterocycles. The molecule has 0 aliphatic heterocycles. The summed E-state index contributed by atoms with van der Waals surface area (Å²) in [6, 6.07) is 66.9. The molecule has 3 heterocycles. The van der Waals surface area contributed by atoms with Crippen molar-refractivity contribution in [1.29, 1.82) is 0 Å². The highest BCUT2D eigenvalue weighted by molar-refractivity contribution is 6.28. The molecule has 266 valence electrons. The normalized spacial score (nSPS) is 11.5. The van der Waals surface area contributed by atoms with E-state index in [0.29, 0.717) is 17.5 Å². The van der Waals surface area contributed by atoms with Crippen LogP contribution >= 0.6 is 0 Å². The molecule has 11 aromatic rings. The van der Waals surface area contributed by atoms with E-state index in [4.69, 9.17) is 24.4 Å². The summed E-state index contributed by atoms with van der Waals surface area (Å²) in [5, 5.41) is 5.55. The van der Waals surface area contributed by atoms with E-state index in [0.717, 1.165) is 93.8 Å². The molecule has 0 saturated carbocycles. The lowest BCUT2D eigenvalue weighted by atomic mass is 9.94. The van der Waals surface area contributed by atoms with Gasteiger partial charge < -0.3 is 4.42 Å². The van der Waals surface area contributed by atoms with Crippen LogP contribution in [-0.4, -0.2) is 19.9 Å². The lowest BCUT2D eigenvalue weighted by Gasteiger charge is -2.11. The number of para-hydroxylation sites is 1.